The molecule has 26 heavy (non-hydrogen) atoms. The molecule has 7 nitrogen and oxygen atoms in total. The fourth-order valence-electron chi connectivity index (χ4n) is 3.44. The summed E-state index contributed by atoms with van der Waals surface area (Å²) in [7, 11) is 0. The molecule has 1 saturated carbocycles. The van der Waals surface area contributed by atoms with Crippen molar-refractivity contribution in [3.05, 3.63) is 32.8 Å². The predicted molar refractivity (Wildman–Crippen MR) is 103 cm³/mol. The topological polar surface area (TPSA) is 98.2 Å². The third-order valence-electron chi connectivity index (χ3n) is 5.02. The van der Waals surface area contributed by atoms with E-state index in [1.165, 1.54) is 0 Å². The molecule has 0 bridgehead atoms. The molecular weight excluding hydrogens is 350 g/mol. The summed E-state index contributed by atoms with van der Waals surface area (Å²) in [6.07, 6.45) is 3.92. The number of hydrogen-bond donors (Lipinski definition) is 1. The van der Waals surface area contributed by atoms with Gasteiger partial charge in [0.2, 0.25) is 11.8 Å². The Balaban J connectivity index is 1.82. The number of hydrogen-bond acceptors (Lipinski definition) is 4. The van der Waals surface area contributed by atoms with E-state index >= 15 is 0 Å². The molecule has 0 unspecified atom stereocenters. The number of carbonyl (C=O) groups is 2. The maximum Gasteiger partial charge on any atom is 0.242 e. The number of amides is 2. The molecule has 1 N–H and O–H groups in total. The van der Waals surface area contributed by atoms with Crippen LogP contribution in [0.1, 0.15) is 50.8 Å². The molecule has 142 valence electrons. The highest BCUT2D eigenvalue weighted by Gasteiger charge is 2.28. The second kappa shape index (κ2) is 10.2. The third-order valence-corrected chi connectivity index (χ3v) is 5.90. The summed E-state index contributed by atoms with van der Waals surface area (Å²) in [6.45, 7) is 4.69. The normalized spacial score (nSPS) is 20.7. The summed E-state index contributed by atoms with van der Waals surface area (Å²) in [5.74, 6) is 0.210. The van der Waals surface area contributed by atoms with Gasteiger partial charge < -0.3 is 10.2 Å². The number of azide groups is 1. The Labute approximate surface area is 158 Å². The van der Waals surface area contributed by atoms with Gasteiger partial charge >= 0.3 is 0 Å². The molecule has 0 aromatic carbocycles. The Bertz CT molecular complexity index is 634. The van der Waals surface area contributed by atoms with E-state index in [2.05, 4.69) is 15.3 Å². The standard InChI is InChI=1S/C18H27N5O2S/c1-3-23(13(2)18(25)20-12-16-5-4-10-26-16)17(24)11-14-6-8-15(9-7-14)21-22-19/h4-5,10,13-15H,3,6-9,11-12H2,1-2H3,(H,20,25)/t13-,14?,15?/m0/s1. The SMILES string of the molecule is CCN(C(=O)CC1CCC(N=[N+]=[N-])CC1)[C@@H](C)C(=O)NCc1cccs1. The van der Waals surface area contributed by atoms with Crippen LogP contribution >= 0.6 is 11.3 Å². The minimum absolute atomic E-state index is 0.0264. The fourth-order valence-corrected chi connectivity index (χ4v) is 4.09. The fraction of sp³-hybridized carbons (Fsp3) is 0.667. The van der Waals surface area contributed by atoms with Crippen LogP contribution in [-0.2, 0) is 16.1 Å². The maximum atomic E-state index is 12.7. The molecule has 0 saturated heterocycles. The molecule has 1 atom stereocenters. The Morgan fingerprint density at radius 1 is 1.42 bits per heavy atom. The van der Waals surface area contributed by atoms with E-state index in [0.717, 1.165) is 30.6 Å². The molecule has 0 radical (unpaired) electrons. The van der Waals surface area contributed by atoms with Gasteiger partial charge in [-0.15, -0.1) is 11.3 Å². The summed E-state index contributed by atoms with van der Waals surface area (Å²) in [6, 6.07) is 3.52. The van der Waals surface area contributed by atoms with Gasteiger partial charge in [0.15, 0.2) is 0 Å². The van der Waals surface area contributed by atoms with Crippen molar-refractivity contribution in [2.75, 3.05) is 6.54 Å². The largest absolute Gasteiger partial charge is 0.349 e. The zero-order valence-electron chi connectivity index (χ0n) is 15.4. The number of thiophene rings is 1. The molecule has 0 spiro atoms. The van der Waals surface area contributed by atoms with Crippen LogP contribution in [0.25, 0.3) is 10.4 Å². The lowest BCUT2D eigenvalue weighted by molar-refractivity contribution is -0.140. The van der Waals surface area contributed by atoms with Crippen molar-refractivity contribution in [1.29, 1.82) is 0 Å². The first-order valence-electron chi connectivity index (χ1n) is 9.18. The van der Waals surface area contributed by atoms with Crippen LogP contribution in [0.5, 0.6) is 0 Å². The van der Waals surface area contributed by atoms with Crippen molar-refractivity contribution in [2.45, 2.75) is 64.6 Å². The maximum absolute atomic E-state index is 12.7. The van der Waals surface area contributed by atoms with Gasteiger partial charge in [0.1, 0.15) is 6.04 Å². The molecule has 8 heteroatoms. The van der Waals surface area contributed by atoms with Crippen LogP contribution in [0.3, 0.4) is 0 Å². The van der Waals surface area contributed by atoms with Gasteiger partial charge in [-0.25, -0.2) is 0 Å². The van der Waals surface area contributed by atoms with Crippen LogP contribution in [0.15, 0.2) is 22.6 Å². The molecule has 2 rings (SSSR count). The second-order valence-electron chi connectivity index (χ2n) is 6.74. The first-order chi connectivity index (χ1) is 12.5. The Kier molecular flexibility index (Phi) is 7.94. The van der Waals surface area contributed by atoms with Gasteiger partial charge in [-0.1, -0.05) is 11.2 Å². The van der Waals surface area contributed by atoms with E-state index in [0.29, 0.717) is 25.4 Å². The molecule has 1 heterocycles. The van der Waals surface area contributed by atoms with Gasteiger partial charge in [-0.3, -0.25) is 9.59 Å². The molecular formula is C18H27N5O2S. The van der Waals surface area contributed by atoms with Gasteiger partial charge in [0.25, 0.3) is 0 Å². The Hall–Kier alpha value is -2.05. The van der Waals surface area contributed by atoms with Gasteiger partial charge in [-0.2, -0.15) is 0 Å². The van der Waals surface area contributed by atoms with Crippen molar-refractivity contribution in [1.82, 2.24) is 10.2 Å². The van der Waals surface area contributed by atoms with E-state index in [-0.39, 0.29) is 17.9 Å². The summed E-state index contributed by atoms with van der Waals surface area (Å²) in [5.41, 5.74) is 8.51. The van der Waals surface area contributed by atoms with Crippen molar-refractivity contribution < 1.29 is 9.59 Å². The first-order valence-corrected chi connectivity index (χ1v) is 10.1. The average molecular weight is 378 g/mol. The summed E-state index contributed by atoms with van der Waals surface area (Å²) in [5, 5.41) is 8.66. The predicted octanol–water partition coefficient (Wildman–Crippen LogP) is 3.86. The highest BCUT2D eigenvalue weighted by atomic mass is 32.1. The monoisotopic (exact) mass is 377 g/mol. The van der Waals surface area contributed by atoms with Crippen molar-refractivity contribution >= 4 is 23.2 Å². The molecule has 0 aliphatic heterocycles. The Morgan fingerprint density at radius 2 is 2.15 bits per heavy atom. The molecule has 1 aliphatic rings. The lowest BCUT2D eigenvalue weighted by Gasteiger charge is -2.31. The van der Waals surface area contributed by atoms with Crippen LogP contribution in [0, 0.1) is 5.92 Å². The number of nitrogens with zero attached hydrogens (tertiary/aromatic N) is 4. The van der Waals surface area contributed by atoms with Crippen molar-refractivity contribution in [2.24, 2.45) is 11.0 Å². The Morgan fingerprint density at radius 3 is 2.73 bits per heavy atom. The quantitative estimate of drug-likeness (QED) is 0.423. The first kappa shape index (κ1) is 20.3. The molecule has 1 aromatic heterocycles. The van der Waals surface area contributed by atoms with Crippen molar-refractivity contribution in [3.8, 4) is 0 Å². The van der Waals surface area contributed by atoms with Gasteiger partial charge in [0.05, 0.1) is 6.54 Å². The second-order valence-corrected chi connectivity index (χ2v) is 7.77. The zero-order chi connectivity index (χ0) is 18.9. The summed E-state index contributed by atoms with van der Waals surface area (Å²) in [4.78, 5) is 30.7. The van der Waals surface area contributed by atoms with Crippen LogP contribution in [0.2, 0.25) is 0 Å². The minimum atomic E-state index is -0.480. The van der Waals surface area contributed by atoms with E-state index in [9.17, 15) is 9.59 Å². The van der Waals surface area contributed by atoms with Crippen LogP contribution < -0.4 is 5.32 Å². The van der Waals surface area contributed by atoms with E-state index in [4.69, 9.17) is 5.53 Å². The van der Waals surface area contributed by atoms with E-state index in [1.807, 2.05) is 24.4 Å². The number of carbonyl (C=O) groups excluding carboxylic acids is 2. The van der Waals surface area contributed by atoms with E-state index in [1.54, 1.807) is 23.2 Å². The number of rotatable bonds is 8. The average Bonchev–Trinajstić information content (AvgIpc) is 3.15. The number of likely N-dealkylation sites (N-methyl/N-ethyl adjacent to an activating group) is 1. The highest BCUT2D eigenvalue weighted by Crippen LogP contribution is 2.29. The lowest BCUT2D eigenvalue weighted by Crippen LogP contribution is -2.48. The smallest absolute Gasteiger partial charge is 0.242 e. The molecule has 2 amide bonds. The van der Waals surface area contributed by atoms with Crippen LogP contribution in [0.4, 0.5) is 0 Å². The number of nitrogens with one attached hydrogen (secondary N) is 1. The lowest BCUT2D eigenvalue weighted by atomic mass is 9.84. The molecule has 1 aromatic rings. The zero-order valence-corrected chi connectivity index (χ0v) is 16.2. The summed E-state index contributed by atoms with van der Waals surface area (Å²) < 4.78 is 0. The van der Waals surface area contributed by atoms with Gasteiger partial charge in [-0.05, 0) is 62.4 Å². The van der Waals surface area contributed by atoms with Crippen molar-refractivity contribution in [3.63, 3.8) is 0 Å². The third kappa shape index (κ3) is 5.75. The summed E-state index contributed by atoms with van der Waals surface area (Å²) >= 11 is 1.60. The molecule has 1 aliphatic carbocycles. The van der Waals surface area contributed by atoms with Gasteiger partial charge in [0, 0.05) is 28.8 Å². The minimum Gasteiger partial charge on any atom is -0.349 e. The van der Waals surface area contributed by atoms with E-state index < -0.39 is 6.04 Å². The van der Waals surface area contributed by atoms with Crippen LogP contribution in [-0.4, -0.2) is 35.3 Å². The highest BCUT2D eigenvalue weighted by molar-refractivity contribution is 7.09. The molecule has 1 fully saturated rings.